The molecule has 7 nitrogen and oxygen atoms in total. The summed E-state index contributed by atoms with van der Waals surface area (Å²) in [5.74, 6) is -2.00. The van der Waals surface area contributed by atoms with Crippen molar-refractivity contribution in [1.29, 1.82) is 0 Å². The number of hydrogen-bond donors (Lipinski definition) is 3. The topological polar surface area (TPSA) is 113 Å². The van der Waals surface area contributed by atoms with Gasteiger partial charge in [0.1, 0.15) is 6.04 Å². The molecule has 0 spiro atoms. The third-order valence-corrected chi connectivity index (χ3v) is 3.14. The molecule has 19 heavy (non-hydrogen) atoms. The minimum absolute atomic E-state index is 0.394. The molecule has 0 unspecified atom stereocenters. The van der Waals surface area contributed by atoms with Gasteiger partial charge in [-0.25, -0.2) is 9.59 Å². The minimum Gasteiger partial charge on any atom is -0.480 e. The zero-order valence-corrected chi connectivity index (χ0v) is 10.9. The molecule has 0 bridgehead atoms. The first-order chi connectivity index (χ1) is 9.00. The highest BCUT2D eigenvalue weighted by Gasteiger charge is 2.24. The Morgan fingerprint density at radius 1 is 1.11 bits per heavy atom. The van der Waals surface area contributed by atoms with E-state index >= 15 is 0 Å². The van der Waals surface area contributed by atoms with Gasteiger partial charge in [-0.05, 0) is 12.8 Å². The molecular formula is C12H21N3O4. The van der Waals surface area contributed by atoms with Gasteiger partial charge in [-0.2, -0.15) is 0 Å². The van der Waals surface area contributed by atoms with Crippen LogP contribution in [0.25, 0.3) is 0 Å². The van der Waals surface area contributed by atoms with Gasteiger partial charge in [-0.15, -0.1) is 0 Å². The summed E-state index contributed by atoms with van der Waals surface area (Å²) in [7, 11) is 0. The summed E-state index contributed by atoms with van der Waals surface area (Å²) in [6, 6.07) is -1.69. The predicted molar refractivity (Wildman–Crippen MR) is 68.4 cm³/mol. The number of urea groups is 1. The maximum Gasteiger partial charge on any atom is 0.326 e. The van der Waals surface area contributed by atoms with Crippen molar-refractivity contribution in [3.05, 3.63) is 0 Å². The molecule has 1 atom stereocenters. The molecule has 4 N–H and O–H groups in total. The van der Waals surface area contributed by atoms with E-state index < -0.39 is 30.4 Å². The number of likely N-dealkylation sites (tertiary alicyclic amines) is 1. The van der Waals surface area contributed by atoms with Crippen molar-refractivity contribution in [2.75, 3.05) is 13.1 Å². The van der Waals surface area contributed by atoms with Gasteiger partial charge < -0.3 is 21.1 Å². The Morgan fingerprint density at radius 2 is 1.63 bits per heavy atom. The van der Waals surface area contributed by atoms with Crippen LogP contribution in [0.1, 0.15) is 38.5 Å². The number of nitrogens with zero attached hydrogens (tertiary/aromatic N) is 1. The summed E-state index contributed by atoms with van der Waals surface area (Å²) in [5.41, 5.74) is 4.96. The number of carboxylic acids is 1. The van der Waals surface area contributed by atoms with Gasteiger partial charge in [0.25, 0.3) is 0 Å². The number of carbonyl (C=O) groups excluding carboxylic acids is 2. The highest BCUT2D eigenvalue weighted by Crippen LogP contribution is 2.10. The van der Waals surface area contributed by atoms with Crippen LogP contribution in [0.4, 0.5) is 4.79 Å². The van der Waals surface area contributed by atoms with E-state index in [2.05, 4.69) is 5.32 Å². The zero-order chi connectivity index (χ0) is 14.3. The summed E-state index contributed by atoms with van der Waals surface area (Å²) < 4.78 is 0. The number of hydrogen-bond acceptors (Lipinski definition) is 3. The monoisotopic (exact) mass is 271 g/mol. The average Bonchev–Trinajstić information content (AvgIpc) is 2.26. The van der Waals surface area contributed by atoms with Crippen molar-refractivity contribution >= 4 is 17.9 Å². The normalized spacial score (nSPS) is 18.0. The molecule has 1 saturated heterocycles. The summed E-state index contributed by atoms with van der Waals surface area (Å²) in [4.78, 5) is 35.3. The third-order valence-electron chi connectivity index (χ3n) is 3.14. The van der Waals surface area contributed by atoms with E-state index in [0.717, 1.165) is 25.7 Å². The molecule has 3 amide bonds. The van der Waals surface area contributed by atoms with Crippen LogP contribution < -0.4 is 11.1 Å². The molecule has 1 fully saturated rings. The van der Waals surface area contributed by atoms with E-state index in [9.17, 15) is 14.4 Å². The Morgan fingerprint density at radius 3 is 2.11 bits per heavy atom. The summed E-state index contributed by atoms with van der Waals surface area (Å²) >= 11 is 0. The minimum atomic E-state index is -1.25. The van der Waals surface area contributed by atoms with Crippen LogP contribution in [-0.2, 0) is 9.59 Å². The lowest BCUT2D eigenvalue weighted by Crippen LogP contribution is -2.49. The number of primary amides is 1. The first kappa shape index (κ1) is 15.3. The molecule has 108 valence electrons. The number of aliphatic carboxylic acids is 1. The Bertz CT molecular complexity index is 338. The molecule has 0 saturated carbocycles. The molecule has 1 rings (SSSR count). The molecule has 0 aromatic heterocycles. The number of rotatable bonds is 4. The molecule has 0 radical (unpaired) electrons. The fraction of sp³-hybridized carbons (Fsp3) is 0.750. The molecule has 7 heteroatoms. The van der Waals surface area contributed by atoms with Crippen LogP contribution in [0.15, 0.2) is 0 Å². The number of amides is 3. The molecule has 0 aromatic carbocycles. The average molecular weight is 271 g/mol. The molecule has 1 heterocycles. The third kappa shape index (κ3) is 5.58. The first-order valence-corrected chi connectivity index (χ1v) is 6.57. The quantitative estimate of drug-likeness (QED) is 0.682. The number of nitrogens with two attached hydrogens (primary N) is 1. The fourth-order valence-electron chi connectivity index (χ4n) is 2.09. The van der Waals surface area contributed by atoms with E-state index in [1.54, 1.807) is 4.90 Å². The van der Waals surface area contributed by atoms with Crippen LogP contribution in [0.5, 0.6) is 0 Å². The summed E-state index contributed by atoms with van der Waals surface area (Å²) in [5, 5.41) is 11.3. The Hall–Kier alpha value is -1.79. The predicted octanol–water partition coefficient (Wildman–Crippen LogP) is 0.291. The number of nitrogens with one attached hydrogen (secondary N) is 1. The summed E-state index contributed by atoms with van der Waals surface area (Å²) in [6.45, 7) is 1.24. The second-order valence-electron chi connectivity index (χ2n) is 4.77. The lowest BCUT2D eigenvalue weighted by atomic mass is 10.1. The largest absolute Gasteiger partial charge is 0.480 e. The number of carbonyl (C=O) groups is 3. The molecular weight excluding hydrogens is 250 g/mol. The smallest absolute Gasteiger partial charge is 0.326 e. The van der Waals surface area contributed by atoms with Gasteiger partial charge >= 0.3 is 12.0 Å². The maximum absolute atomic E-state index is 12.0. The highest BCUT2D eigenvalue weighted by atomic mass is 16.4. The molecule has 1 aliphatic rings. The van der Waals surface area contributed by atoms with Gasteiger partial charge in [-0.3, -0.25) is 4.79 Å². The lowest BCUT2D eigenvalue weighted by molar-refractivity contribution is -0.140. The maximum atomic E-state index is 12.0. The van der Waals surface area contributed by atoms with E-state index in [1.165, 1.54) is 6.42 Å². The van der Waals surface area contributed by atoms with Crippen molar-refractivity contribution in [1.82, 2.24) is 10.2 Å². The Labute approximate surface area is 112 Å². The zero-order valence-electron chi connectivity index (χ0n) is 10.9. The van der Waals surface area contributed by atoms with Crippen LogP contribution in [0, 0.1) is 0 Å². The van der Waals surface area contributed by atoms with E-state index in [4.69, 9.17) is 10.8 Å². The summed E-state index contributed by atoms with van der Waals surface area (Å²) in [6.07, 6.45) is 4.77. The highest BCUT2D eigenvalue weighted by molar-refractivity contribution is 5.87. The van der Waals surface area contributed by atoms with Crippen LogP contribution >= 0.6 is 0 Å². The van der Waals surface area contributed by atoms with Crippen LogP contribution in [-0.4, -0.2) is 47.0 Å². The Kier molecular flexibility index (Phi) is 6.11. The van der Waals surface area contributed by atoms with E-state index in [0.29, 0.717) is 13.1 Å². The standard InChI is InChI=1S/C12H21N3O4/c13-10(16)8-9(11(17)18)14-12(19)15-6-4-2-1-3-5-7-15/h9H,1-8H2,(H2,13,16)(H,14,19)(H,17,18)/t9-/m0/s1. The Balaban J connectivity index is 2.53. The lowest BCUT2D eigenvalue weighted by Gasteiger charge is -2.26. The van der Waals surface area contributed by atoms with Gasteiger partial charge in [0.15, 0.2) is 0 Å². The van der Waals surface area contributed by atoms with Crippen molar-refractivity contribution in [3.8, 4) is 0 Å². The van der Waals surface area contributed by atoms with Crippen molar-refractivity contribution < 1.29 is 19.5 Å². The van der Waals surface area contributed by atoms with Crippen molar-refractivity contribution in [2.45, 2.75) is 44.6 Å². The molecule has 0 aromatic rings. The van der Waals surface area contributed by atoms with Crippen molar-refractivity contribution in [2.24, 2.45) is 5.73 Å². The van der Waals surface area contributed by atoms with E-state index in [1.807, 2.05) is 0 Å². The van der Waals surface area contributed by atoms with E-state index in [-0.39, 0.29) is 0 Å². The second-order valence-corrected chi connectivity index (χ2v) is 4.77. The van der Waals surface area contributed by atoms with Gasteiger partial charge in [0, 0.05) is 13.1 Å². The van der Waals surface area contributed by atoms with Gasteiger partial charge in [-0.1, -0.05) is 19.3 Å². The fourth-order valence-corrected chi connectivity index (χ4v) is 2.09. The first-order valence-electron chi connectivity index (χ1n) is 6.57. The number of carboxylic acid groups (broad SMARTS) is 1. The second kappa shape index (κ2) is 7.60. The SMILES string of the molecule is NC(=O)C[C@H](NC(=O)N1CCCCCCC1)C(=O)O. The molecule has 1 aliphatic heterocycles. The van der Waals surface area contributed by atoms with Crippen LogP contribution in [0.3, 0.4) is 0 Å². The van der Waals surface area contributed by atoms with Crippen molar-refractivity contribution in [3.63, 3.8) is 0 Å². The van der Waals surface area contributed by atoms with Crippen LogP contribution in [0.2, 0.25) is 0 Å². The molecule has 0 aliphatic carbocycles. The van der Waals surface area contributed by atoms with Gasteiger partial charge in [0.05, 0.1) is 6.42 Å². The van der Waals surface area contributed by atoms with Gasteiger partial charge in [0.2, 0.25) is 5.91 Å².